The van der Waals surface area contributed by atoms with Gasteiger partial charge in [0, 0.05) is 19.0 Å². The molecule has 0 spiro atoms. The molecule has 0 aliphatic carbocycles. The number of amides is 2. The highest BCUT2D eigenvalue weighted by Crippen LogP contribution is 2.38. The quantitative estimate of drug-likeness (QED) is 0.888. The zero-order chi connectivity index (χ0) is 18.0. The number of nitrogens with zero attached hydrogens (tertiary/aromatic N) is 1. The molecule has 2 aliphatic heterocycles. The van der Waals surface area contributed by atoms with Crippen LogP contribution in [0.5, 0.6) is 11.5 Å². The SMILES string of the molecule is C[C@H]1CC[C@@H](C(N)=O)CN1C(=O)Cc1cc(Cl)c2c(c1)OCCCO2. The first-order valence-electron chi connectivity index (χ1n) is 8.62. The number of carbonyl (C=O) groups is 2. The summed E-state index contributed by atoms with van der Waals surface area (Å²) in [5, 5.41) is 0.448. The van der Waals surface area contributed by atoms with Crippen molar-refractivity contribution in [3.8, 4) is 11.5 Å². The minimum Gasteiger partial charge on any atom is -0.489 e. The van der Waals surface area contributed by atoms with Gasteiger partial charge < -0.3 is 20.1 Å². The molecule has 1 saturated heterocycles. The third-order valence-electron chi connectivity index (χ3n) is 4.82. The van der Waals surface area contributed by atoms with Gasteiger partial charge in [0.25, 0.3) is 0 Å². The van der Waals surface area contributed by atoms with Gasteiger partial charge >= 0.3 is 0 Å². The molecule has 2 heterocycles. The standard InChI is InChI=1S/C18H23ClN2O4/c1-11-3-4-13(18(20)23)10-21(11)16(22)9-12-7-14(19)17-15(8-12)24-5-2-6-25-17/h7-8,11,13H,2-6,9-10H2,1H3,(H2,20,23)/t11-,13+/m0/s1. The maximum absolute atomic E-state index is 12.8. The number of halogens is 1. The van der Waals surface area contributed by atoms with Crippen LogP contribution in [0.2, 0.25) is 5.02 Å². The summed E-state index contributed by atoms with van der Waals surface area (Å²) in [7, 11) is 0. The molecule has 0 saturated carbocycles. The zero-order valence-electron chi connectivity index (χ0n) is 14.3. The number of carbonyl (C=O) groups excluding carboxylic acids is 2. The Morgan fingerprint density at radius 2 is 2.04 bits per heavy atom. The van der Waals surface area contributed by atoms with Crippen LogP contribution >= 0.6 is 11.6 Å². The van der Waals surface area contributed by atoms with E-state index in [4.69, 9.17) is 26.8 Å². The number of hydrogen-bond donors (Lipinski definition) is 1. The zero-order valence-corrected chi connectivity index (χ0v) is 15.1. The third-order valence-corrected chi connectivity index (χ3v) is 5.10. The van der Waals surface area contributed by atoms with Crippen molar-refractivity contribution in [2.24, 2.45) is 11.7 Å². The summed E-state index contributed by atoms with van der Waals surface area (Å²) in [5.41, 5.74) is 6.18. The Morgan fingerprint density at radius 1 is 1.28 bits per heavy atom. The first-order valence-corrected chi connectivity index (χ1v) is 9.00. The van der Waals surface area contributed by atoms with Crippen LogP contribution in [0, 0.1) is 5.92 Å². The van der Waals surface area contributed by atoms with Crippen LogP contribution in [0.1, 0.15) is 31.7 Å². The van der Waals surface area contributed by atoms with Gasteiger partial charge in [-0.1, -0.05) is 11.6 Å². The lowest BCUT2D eigenvalue weighted by atomic mass is 9.92. The lowest BCUT2D eigenvalue weighted by Crippen LogP contribution is -2.49. The lowest BCUT2D eigenvalue weighted by Gasteiger charge is -2.37. The first-order chi connectivity index (χ1) is 12.0. The Morgan fingerprint density at radius 3 is 2.80 bits per heavy atom. The summed E-state index contributed by atoms with van der Waals surface area (Å²) in [6.07, 6.45) is 2.50. The summed E-state index contributed by atoms with van der Waals surface area (Å²) >= 11 is 6.29. The van der Waals surface area contributed by atoms with E-state index in [1.807, 2.05) is 13.0 Å². The highest BCUT2D eigenvalue weighted by molar-refractivity contribution is 6.32. The van der Waals surface area contributed by atoms with Gasteiger partial charge in [0.1, 0.15) is 0 Å². The van der Waals surface area contributed by atoms with Crippen LogP contribution in [0.15, 0.2) is 12.1 Å². The van der Waals surface area contributed by atoms with E-state index in [-0.39, 0.29) is 30.2 Å². The summed E-state index contributed by atoms with van der Waals surface area (Å²) in [4.78, 5) is 26.0. The van der Waals surface area contributed by atoms with Gasteiger partial charge in [-0.25, -0.2) is 0 Å². The molecule has 2 atom stereocenters. The number of nitrogens with two attached hydrogens (primary N) is 1. The highest BCUT2D eigenvalue weighted by atomic mass is 35.5. The summed E-state index contributed by atoms with van der Waals surface area (Å²) in [6.45, 7) is 3.50. The lowest BCUT2D eigenvalue weighted by molar-refractivity contribution is -0.136. The number of piperidine rings is 1. The van der Waals surface area contributed by atoms with Crippen LogP contribution in [-0.4, -0.2) is 42.5 Å². The Labute approximate surface area is 152 Å². The van der Waals surface area contributed by atoms with E-state index in [9.17, 15) is 9.59 Å². The second kappa shape index (κ2) is 7.52. The van der Waals surface area contributed by atoms with Crippen LogP contribution in [0.3, 0.4) is 0 Å². The third kappa shape index (κ3) is 4.00. The van der Waals surface area contributed by atoms with E-state index < -0.39 is 0 Å². The van der Waals surface area contributed by atoms with Gasteiger partial charge in [0.2, 0.25) is 11.8 Å². The van der Waals surface area contributed by atoms with Crippen molar-refractivity contribution < 1.29 is 19.1 Å². The van der Waals surface area contributed by atoms with Gasteiger partial charge in [0.05, 0.1) is 30.6 Å². The molecule has 7 heteroatoms. The van der Waals surface area contributed by atoms with Crippen LogP contribution in [-0.2, 0) is 16.0 Å². The van der Waals surface area contributed by atoms with Crippen molar-refractivity contribution in [3.63, 3.8) is 0 Å². The molecule has 2 N–H and O–H groups in total. The molecule has 2 amide bonds. The van der Waals surface area contributed by atoms with E-state index in [1.54, 1.807) is 11.0 Å². The van der Waals surface area contributed by atoms with Crippen molar-refractivity contribution in [1.29, 1.82) is 0 Å². The molecule has 136 valence electrons. The van der Waals surface area contributed by atoms with Crippen LogP contribution in [0.25, 0.3) is 0 Å². The molecular formula is C18H23ClN2O4. The van der Waals surface area contributed by atoms with E-state index >= 15 is 0 Å². The Bertz CT molecular complexity index is 679. The minimum absolute atomic E-state index is 0.0380. The molecular weight excluding hydrogens is 344 g/mol. The fourth-order valence-electron chi connectivity index (χ4n) is 3.35. The van der Waals surface area contributed by atoms with Gasteiger partial charge in [0.15, 0.2) is 11.5 Å². The largest absolute Gasteiger partial charge is 0.489 e. The summed E-state index contributed by atoms with van der Waals surface area (Å²) in [5.74, 6) is 0.463. The fraction of sp³-hybridized carbons (Fsp3) is 0.556. The molecule has 0 aromatic heterocycles. The number of fused-ring (bicyclic) bond motifs is 1. The maximum Gasteiger partial charge on any atom is 0.227 e. The molecule has 2 aliphatic rings. The predicted molar refractivity (Wildman–Crippen MR) is 93.9 cm³/mol. The van der Waals surface area contributed by atoms with Crippen molar-refractivity contribution >= 4 is 23.4 Å². The molecule has 1 fully saturated rings. The normalized spacial score (nSPS) is 23.0. The predicted octanol–water partition coefficient (Wildman–Crippen LogP) is 2.16. The smallest absolute Gasteiger partial charge is 0.227 e. The maximum atomic E-state index is 12.8. The number of rotatable bonds is 3. The molecule has 3 rings (SSSR count). The second-order valence-electron chi connectivity index (χ2n) is 6.70. The van der Waals surface area contributed by atoms with Crippen molar-refractivity contribution in [1.82, 2.24) is 4.90 Å². The number of benzene rings is 1. The number of hydrogen-bond acceptors (Lipinski definition) is 4. The summed E-state index contributed by atoms with van der Waals surface area (Å²) in [6, 6.07) is 3.65. The van der Waals surface area contributed by atoms with E-state index in [0.29, 0.717) is 36.3 Å². The molecule has 0 unspecified atom stereocenters. The highest BCUT2D eigenvalue weighted by Gasteiger charge is 2.31. The molecule has 1 aromatic carbocycles. The Balaban J connectivity index is 1.75. The van der Waals surface area contributed by atoms with Gasteiger partial charge in [-0.05, 0) is 37.5 Å². The molecule has 25 heavy (non-hydrogen) atoms. The van der Waals surface area contributed by atoms with Crippen molar-refractivity contribution in [2.75, 3.05) is 19.8 Å². The molecule has 0 bridgehead atoms. The second-order valence-corrected chi connectivity index (χ2v) is 7.11. The Kier molecular flexibility index (Phi) is 5.37. The summed E-state index contributed by atoms with van der Waals surface area (Å²) < 4.78 is 11.3. The van der Waals surface area contributed by atoms with Crippen molar-refractivity contribution in [2.45, 2.75) is 38.6 Å². The van der Waals surface area contributed by atoms with E-state index in [0.717, 1.165) is 24.8 Å². The monoisotopic (exact) mass is 366 g/mol. The fourth-order valence-corrected chi connectivity index (χ4v) is 3.64. The van der Waals surface area contributed by atoms with Gasteiger partial charge in [-0.2, -0.15) is 0 Å². The first kappa shape index (κ1) is 17.9. The number of likely N-dealkylation sites (tertiary alicyclic amines) is 1. The number of primary amides is 1. The molecule has 6 nitrogen and oxygen atoms in total. The van der Waals surface area contributed by atoms with Gasteiger partial charge in [-0.3, -0.25) is 9.59 Å². The molecule has 1 aromatic rings. The average molecular weight is 367 g/mol. The molecule has 0 radical (unpaired) electrons. The number of ether oxygens (including phenoxy) is 2. The van der Waals surface area contributed by atoms with Gasteiger partial charge in [-0.15, -0.1) is 0 Å². The van der Waals surface area contributed by atoms with Crippen LogP contribution < -0.4 is 15.2 Å². The topological polar surface area (TPSA) is 81.9 Å². The van der Waals surface area contributed by atoms with E-state index in [1.165, 1.54) is 0 Å². The van der Waals surface area contributed by atoms with Crippen molar-refractivity contribution in [3.05, 3.63) is 22.7 Å². The Hall–Kier alpha value is -1.95. The average Bonchev–Trinajstić information content (AvgIpc) is 2.80. The van der Waals surface area contributed by atoms with Crippen LogP contribution in [0.4, 0.5) is 0 Å². The minimum atomic E-state index is -0.344. The van der Waals surface area contributed by atoms with E-state index in [2.05, 4.69) is 0 Å².